The van der Waals surface area contributed by atoms with Gasteiger partial charge in [-0.15, -0.1) is 0 Å². The Hall–Kier alpha value is -0.120. The predicted octanol–water partition coefficient (Wildman–Crippen LogP) is 1.60. The summed E-state index contributed by atoms with van der Waals surface area (Å²) in [5.41, 5.74) is 0.164. The van der Waals surface area contributed by atoms with Gasteiger partial charge < -0.3 is 16.0 Å². The maximum Gasteiger partial charge on any atom is 0.0185 e. The third-order valence-corrected chi connectivity index (χ3v) is 4.10. The van der Waals surface area contributed by atoms with E-state index < -0.39 is 0 Å². The van der Waals surface area contributed by atoms with E-state index in [-0.39, 0.29) is 16.6 Å². The van der Waals surface area contributed by atoms with Crippen molar-refractivity contribution >= 4 is 0 Å². The molecule has 0 aromatic rings. The molecule has 0 saturated heterocycles. The van der Waals surface area contributed by atoms with Crippen LogP contribution in [0.4, 0.5) is 0 Å². The summed E-state index contributed by atoms with van der Waals surface area (Å²) < 4.78 is 0. The first-order chi connectivity index (χ1) is 7.05. The molecule has 3 N–H and O–H groups in total. The molecule has 0 rings (SSSR count). The third-order valence-electron chi connectivity index (χ3n) is 4.10. The highest BCUT2D eigenvalue weighted by molar-refractivity contribution is 5.07. The maximum absolute atomic E-state index is 3.44. The molecule has 0 aliphatic rings. The molecule has 0 atom stereocenters. The summed E-state index contributed by atoms with van der Waals surface area (Å²) in [6.45, 7) is 13.6. The lowest BCUT2D eigenvalue weighted by Gasteiger charge is -2.52. The standard InChI is InChI=1S/C13H31N3/c1-11(2,14-7)10(12(3,4)15-8)13(5,6)16-9/h10,14-16H,1-9H3. The highest BCUT2D eigenvalue weighted by atomic mass is 15.1. The van der Waals surface area contributed by atoms with E-state index in [1.165, 1.54) is 0 Å². The Kier molecular flexibility index (Phi) is 4.99. The highest BCUT2D eigenvalue weighted by Crippen LogP contribution is 2.36. The van der Waals surface area contributed by atoms with Crippen molar-refractivity contribution in [1.29, 1.82) is 0 Å². The topological polar surface area (TPSA) is 36.1 Å². The van der Waals surface area contributed by atoms with Gasteiger partial charge in [-0.1, -0.05) is 0 Å². The molecule has 0 aromatic heterocycles. The zero-order valence-corrected chi connectivity index (χ0v) is 12.6. The van der Waals surface area contributed by atoms with E-state index >= 15 is 0 Å². The molecule has 0 radical (unpaired) electrons. The van der Waals surface area contributed by atoms with Crippen LogP contribution >= 0.6 is 0 Å². The second-order valence-electron chi connectivity index (χ2n) is 6.35. The summed E-state index contributed by atoms with van der Waals surface area (Å²) in [5.74, 6) is 0.438. The second-order valence-corrected chi connectivity index (χ2v) is 6.35. The first-order valence-electron chi connectivity index (χ1n) is 6.12. The Morgan fingerprint density at radius 3 is 0.875 bits per heavy atom. The van der Waals surface area contributed by atoms with Crippen LogP contribution in [0.15, 0.2) is 0 Å². The van der Waals surface area contributed by atoms with Crippen LogP contribution in [0.1, 0.15) is 41.5 Å². The van der Waals surface area contributed by atoms with Crippen molar-refractivity contribution in [3.05, 3.63) is 0 Å². The minimum atomic E-state index is 0.0546. The smallest absolute Gasteiger partial charge is 0.0185 e. The van der Waals surface area contributed by atoms with Crippen molar-refractivity contribution in [2.75, 3.05) is 21.1 Å². The lowest BCUT2D eigenvalue weighted by atomic mass is 9.65. The molecule has 0 aromatic carbocycles. The van der Waals surface area contributed by atoms with Crippen molar-refractivity contribution in [2.24, 2.45) is 5.92 Å². The van der Waals surface area contributed by atoms with Gasteiger partial charge in [-0.25, -0.2) is 0 Å². The molecule has 0 aliphatic heterocycles. The molecule has 0 fully saturated rings. The van der Waals surface area contributed by atoms with Crippen molar-refractivity contribution < 1.29 is 0 Å². The first kappa shape index (κ1) is 15.9. The Labute approximate surface area is 102 Å². The van der Waals surface area contributed by atoms with Crippen molar-refractivity contribution in [3.8, 4) is 0 Å². The minimum absolute atomic E-state index is 0.0546. The van der Waals surface area contributed by atoms with Crippen LogP contribution in [0.5, 0.6) is 0 Å². The largest absolute Gasteiger partial charge is 0.314 e. The van der Waals surface area contributed by atoms with Crippen molar-refractivity contribution in [2.45, 2.75) is 58.2 Å². The quantitative estimate of drug-likeness (QED) is 0.647. The molecule has 3 heteroatoms. The summed E-state index contributed by atoms with van der Waals surface area (Å²) in [5, 5.41) is 10.3. The van der Waals surface area contributed by atoms with Crippen LogP contribution in [0.3, 0.4) is 0 Å². The van der Waals surface area contributed by atoms with Crippen LogP contribution in [0.25, 0.3) is 0 Å². The highest BCUT2D eigenvalue weighted by Gasteiger charge is 2.47. The Morgan fingerprint density at radius 2 is 0.750 bits per heavy atom. The van der Waals surface area contributed by atoms with Gasteiger partial charge >= 0.3 is 0 Å². The number of nitrogens with one attached hydrogen (secondary N) is 3. The van der Waals surface area contributed by atoms with E-state index in [0.29, 0.717) is 5.92 Å². The van der Waals surface area contributed by atoms with Gasteiger partial charge in [-0.05, 0) is 62.7 Å². The van der Waals surface area contributed by atoms with Crippen LogP contribution in [0.2, 0.25) is 0 Å². The maximum atomic E-state index is 3.44. The Bertz CT molecular complexity index is 181. The van der Waals surface area contributed by atoms with Crippen LogP contribution in [-0.2, 0) is 0 Å². The number of rotatable bonds is 6. The van der Waals surface area contributed by atoms with E-state index in [2.05, 4.69) is 57.5 Å². The van der Waals surface area contributed by atoms with Gasteiger partial charge in [0.05, 0.1) is 0 Å². The summed E-state index contributed by atoms with van der Waals surface area (Å²) in [6.07, 6.45) is 0. The molecule has 0 spiro atoms. The summed E-state index contributed by atoms with van der Waals surface area (Å²) in [4.78, 5) is 0. The van der Waals surface area contributed by atoms with Gasteiger partial charge in [-0.3, -0.25) is 0 Å². The van der Waals surface area contributed by atoms with E-state index in [0.717, 1.165) is 0 Å². The summed E-state index contributed by atoms with van der Waals surface area (Å²) in [7, 11) is 6.10. The molecule has 0 unspecified atom stereocenters. The van der Waals surface area contributed by atoms with Crippen LogP contribution in [-0.4, -0.2) is 37.8 Å². The van der Waals surface area contributed by atoms with Crippen molar-refractivity contribution in [1.82, 2.24) is 16.0 Å². The number of hydrogen-bond acceptors (Lipinski definition) is 3. The van der Waals surface area contributed by atoms with E-state index in [4.69, 9.17) is 0 Å². The lowest BCUT2D eigenvalue weighted by molar-refractivity contribution is 0.0682. The van der Waals surface area contributed by atoms with E-state index in [1.807, 2.05) is 21.1 Å². The minimum Gasteiger partial charge on any atom is -0.314 e. The first-order valence-corrected chi connectivity index (χ1v) is 6.12. The molecule has 0 heterocycles. The Morgan fingerprint density at radius 1 is 0.562 bits per heavy atom. The van der Waals surface area contributed by atoms with Gasteiger partial charge in [0.15, 0.2) is 0 Å². The van der Waals surface area contributed by atoms with E-state index in [9.17, 15) is 0 Å². The molecular weight excluding hydrogens is 198 g/mol. The fraction of sp³-hybridized carbons (Fsp3) is 1.00. The van der Waals surface area contributed by atoms with Crippen LogP contribution < -0.4 is 16.0 Å². The molecule has 98 valence electrons. The van der Waals surface area contributed by atoms with Crippen LogP contribution in [0, 0.1) is 5.92 Å². The normalized spacial score (nSPS) is 14.6. The summed E-state index contributed by atoms with van der Waals surface area (Å²) >= 11 is 0. The zero-order chi connectivity index (χ0) is 13.2. The van der Waals surface area contributed by atoms with Gasteiger partial charge in [-0.2, -0.15) is 0 Å². The molecule has 0 aliphatic carbocycles. The van der Waals surface area contributed by atoms with Gasteiger partial charge in [0.2, 0.25) is 0 Å². The monoisotopic (exact) mass is 229 g/mol. The average molecular weight is 229 g/mol. The second kappa shape index (κ2) is 5.03. The molecule has 0 bridgehead atoms. The molecule has 0 amide bonds. The zero-order valence-electron chi connectivity index (χ0n) is 12.6. The van der Waals surface area contributed by atoms with Gasteiger partial charge in [0.1, 0.15) is 0 Å². The van der Waals surface area contributed by atoms with Gasteiger partial charge in [0, 0.05) is 22.5 Å². The molecule has 3 nitrogen and oxygen atoms in total. The van der Waals surface area contributed by atoms with Gasteiger partial charge in [0.25, 0.3) is 0 Å². The Balaban J connectivity index is 5.40. The van der Waals surface area contributed by atoms with E-state index in [1.54, 1.807) is 0 Å². The van der Waals surface area contributed by atoms with Crippen molar-refractivity contribution in [3.63, 3.8) is 0 Å². The fourth-order valence-corrected chi connectivity index (χ4v) is 3.14. The molecule has 0 saturated carbocycles. The summed E-state index contributed by atoms with van der Waals surface area (Å²) in [6, 6.07) is 0. The predicted molar refractivity (Wildman–Crippen MR) is 72.9 cm³/mol. The average Bonchev–Trinajstić information content (AvgIpc) is 2.16. The third kappa shape index (κ3) is 3.19. The molecule has 16 heavy (non-hydrogen) atoms. The lowest BCUT2D eigenvalue weighted by Crippen LogP contribution is -2.67. The fourth-order valence-electron chi connectivity index (χ4n) is 3.14. The molecular formula is C13H31N3. The number of hydrogen-bond donors (Lipinski definition) is 3. The SMILES string of the molecule is CNC(C)(C)C(C(C)(C)NC)C(C)(C)NC.